The summed E-state index contributed by atoms with van der Waals surface area (Å²) in [5, 5.41) is 6.02. The van der Waals surface area contributed by atoms with Gasteiger partial charge in [0.05, 0.1) is 6.54 Å². The van der Waals surface area contributed by atoms with Crippen LogP contribution in [0.2, 0.25) is 0 Å². The minimum Gasteiger partial charge on any atom is -1.00 e. The van der Waals surface area contributed by atoms with Crippen LogP contribution in [0.3, 0.4) is 0 Å². The van der Waals surface area contributed by atoms with Crippen molar-refractivity contribution in [1.29, 1.82) is 0 Å². The first kappa shape index (κ1) is 34.1. The van der Waals surface area contributed by atoms with Gasteiger partial charge in [-0.2, -0.15) is 0 Å². The van der Waals surface area contributed by atoms with Gasteiger partial charge in [-0.1, -0.05) is 76.6 Å². The number of carbonyl (C=O) groups excluding carboxylic acids is 3. The normalized spacial score (nSPS) is 16.7. The molecule has 1 saturated carbocycles. The van der Waals surface area contributed by atoms with Gasteiger partial charge in [-0.3, -0.25) is 9.59 Å². The average molecular weight is 673 g/mol. The second-order valence-electron chi connectivity index (χ2n) is 10.7. The van der Waals surface area contributed by atoms with Crippen molar-refractivity contribution in [1.82, 2.24) is 10.6 Å². The second-order valence-corrected chi connectivity index (χ2v) is 11.5. The Morgan fingerprint density at radius 2 is 1.56 bits per heavy atom. The van der Waals surface area contributed by atoms with Crippen molar-refractivity contribution < 1.29 is 42.0 Å². The first-order valence-corrected chi connectivity index (χ1v) is 15.3. The van der Waals surface area contributed by atoms with E-state index in [9.17, 15) is 14.4 Å². The number of benzene rings is 3. The highest BCUT2D eigenvalue weighted by Crippen LogP contribution is 2.28. The highest BCUT2D eigenvalue weighted by atomic mass is 79.9. The van der Waals surface area contributed by atoms with Crippen LogP contribution in [0.1, 0.15) is 42.4 Å². The van der Waals surface area contributed by atoms with Gasteiger partial charge in [0, 0.05) is 34.8 Å². The maximum atomic E-state index is 13.3. The largest absolute Gasteiger partial charge is 1.00 e. The van der Waals surface area contributed by atoms with Gasteiger partial charge < -0.3 is 38.2 Å². The summed E-state index contributed by atoms with van der Waals surface area (Å²) in [7, 11) is 0. The third kappa shape index (κ3) is 11.0. The maximum Gasteiger partial charge on any atom is 0.514 e. The van der Waals surface area contributed by atoms with Crippen molar-refractivity contribution >= 4 is 33.9 Å². The summed E-state index contributed by atoms with van der Waals surface area (Å²) in [6.07, 6.45) is 3.81. The van der Waals surface area contributed by atoms with Crippen molar-refractivity contribution in [3.05, 3.63) is 100 Å². The standard InChI is InChI=1S/C33H38BrN3O5.ClH/c34-29-9-5-4-8-27(29)22-41-33(40)42-28-16-12-24(13-17-28)20-30(32(39)36-19-18-23-6-2-1-3-7-23)37-31(38)26-14-10-25(21-35)11-15-26;/h1-9,12-13,16-17,25-26,30H,10-11,14-15,18-22,35H2,(H,36,39)(H,37,38);1H/t25?,26?,30-;/m0./s1. The van der Waals surface area contributed by atoms with E-state index < -0.39 is 12.2 Å². The predicted molar refractivity (Wildman–Crippen MR) is 163 cm³/mol. The summed E-state index contributed by atoms with van der Waals surface area (Å²) >= 11 is 3.43. The Labute approximate surface area is 267 Å². The zero-order chi connectivity index (χ0) is 29.7. The third-order valence-electron chi connectivity index (χ3n) is 7.68. The molecule has 0 bridgehead atoms. The van der Waals surface area contributed by atoms with Gasteiger partial charge >= 0.3 is 6.16 Å². The summed E-state index contributed by atoms with van der Waals surface area (Å²) in [5.74, 6) is 0.510. The molecule has 230 valence electrons. The smallest absolute Gasteiger partial charge is 0.514 e. The molecule has 43 heavy (non-hydrogen) atoms. The molecule has 1 aliphatic rings. The minimum absolute atomic E-state index is 0. The molecule has 5 N–H and O–H groups in total. The van der Waals surface area contributed by atoms with E-state index in [-0.39, 0.29) is 36.7 Å². The van der Waals surface area contributed by atoms with Crippen LogP contribution in [0.25, 0.3) is 0 Å². The van der Waals surface area contributed by atoms with Gasteiger partial charge in [-0.25, -0.2) is 4.79 Å². The lowest BCUT2D eigenvalue weighted by molar-refractivity contribution is -0.380. The van der Waals surface area contributed by atoms with Gasteiger partial charge in [-0.15, -0.1) is 0 Å². The Morgan fingerprint density at radius 1 is 0.884 bits per heavy atom. The Balaban J connectivity index is 0.00000506. The number of hydrogen-bond donors (Lipinski definition) is 3. The zero-order valence-electron chi connectivity index (χ0n) is 24.1. The molecule has 0 spiro atoms. The molecule has 2 amide bonds. The van der Waals surface area contributed by atoms with E-state index >= 15 is 0 Å². The number of halogens is 2. The highest BCUT2D eigenvalue weighted by molar-refractivity contribution is 9.10. The van der Waals surface area contributed by atoms with Gasteiger partial charge in [0.2, 0.25) is 11.8 Å². The number of amides is 2. The SMILES string of the molecule is [Cl-].[NH3+]CC1CCC(C(=O)N[C@@H](Cc2ccc(OC(=O)OCc3ccccc3Br)cc2)C(=O)NCCc2ccccc2)CC1. The fraction of sp³-hybridized carbons (Fsp3) is 0.364. The summed E-state index contributed by atoms with van der Waals surface area (Å²) < 4.78 is 11.4. The van der Waals surface area contributed by atoms with Crippen molar-refractivity contribution in [3.63, 3.8) is 0 Å². The summed E-state index contributed by atoms with van der Waals surface area (Å²) in [6.45, 7) is 1.44. The number of quaternary nitrogens is 1. The van der Waals surface area contributed by atoms with E-state index in [2.05, 4.69) is 32.3 Å². The topological polar surface area (TPSA) is 121 Å². The molecule has 4 rings (SSSR count). The Hall–Kier alpha value is -3.40. The van der Waals surface area contributed by atoms with Crippen LogP contribution in [0.15, 0.2) is 83.3 Å². The molecule has 0 unspecified atom stereocenters. The lowest BCUT2D eigenvalue weighted by Gasteiger charge is -2.27. The predicted octanol–water partition coefficient (Wildman–Crippen LogP) is 1.60. The number of rotatable bonds is 12. The van der Waals surface area contributed by atoms with E-state index in [4.69, 9.17) is 9.47 Å². The average Bonchev–Trinajstić information content (AvgIpc) is 3.01. The van der Waals surface area contributed by atoms with Crippen LogP contribution < -0.4 is 33.5 Å². The molecule has 3 aromatic carbocycles. The van der Waals surface area contributed by atoms with E-state index in [0.717, 1.165) is 53.4 Å². The fourth-order valence-electron chi connectivity index (χ4n) is 5.12. The molecule has 0 saturated heterocycles. The van der Waals surface area contributed by atoms with Crippen molar-refractivity contribution in [2.45, 2.75) is 51.2 Å². The number of ether oxygens (including phenoxy) is 2. The lowest BCUT2D eigenvalue weighted by Crippen LogP contribution is -3.00. The summed E-state index contributed by atoms with van der Waals surface area (Å²) in [6, 6.07) is 23.6. The van der Waals surface area contributed by atoms with E-state index in [1.54, 1.807) is 24.3 Å². The number of hydrogen-bond acceptors (Lipinski definition) is 5. The molecule has 1 fully saturated rings. The monoisotopic (exact) mass is 671 g/mol. The molecular weight excluding hydrogens is 634 g/mol. The summed E-state index contributed by atoms with van der Waals surface area (Å²) in [4.78, 5) is 38.6. The van der Waals surface area contributed by atoms with E-state index in [0.29, 0.717) is 31.1 Å². The zero-order valence-corrected chi connectivity index (χ0v) is 26.4. The first-order valence-electron chi connectivity index (χ1n) is 14.5. The van der Waals surface area contributed by atoms with Crippen LogP contribution in [-0.2, 0) is 33.8 Å². The molecule has 1 atom stereocenters. The molecule has 0 aliphatic heterocycles. The fourth-order valence-corrected chi connectivity index (χ4v) is 5.52. The lowest BCUT2D eigenvalue weighted by atomic mass is 9.81. The molecule has 8 nitrogen and oxygen atoms in total. The van der Waals surface area contributed by atoms with Crippen LogP contribution in [0, 0.1) is 11.8 Å². The molecule has 0 heterocycles. The molecule has 3 aromatic rings. The molecule has 1 aliphatic carbocycles. The molecule has 0 aromatic heterocycles. The minimum atomic E-state index is -0.810. The quantitative estimate of drug-likeness (QED) is 0.200. The Bertz CT molecular complexity index is 1320. The first-order chi connectivity index (χ1) is 20.4. The number of nitrogens with one attached hydrogen (secondary N) is 2. The maximum absolute atomic E-state index is 13.3. The highest BCUT2D eigenvalue weighted by Gasteiger charge is 2.29. The third-order valence-corrected chi connectivity index (χ3v) is 8.46. The van der Waals surface area contributed by atoms with Gasteiger partial charge in [-0.05, 0) is 61.4 Å². The van der Waals surface area contributed by atoms with Crippen LogP contribution >= 0.6 is 15.9 Å². The Kier molecular flexibility index (Phi) is 14.0. The number of carbonyl (C=O) groups is 3. The van der Waals surface area contributed by atoms with Gasteiger partial charge in [0.25, 0.3) is 0 Å². The molecule has 10 heteroatoms. The van der Waals surface area contributed by atoms with Crippen molar-refractivity contribution in [2.75, 3.05) is 13.1 Å². The summed E-state index contributed by atoms with van der Waals surface area (Å²) in [5.41, 5.74) is 6.79. The second kappa shape index (κ2) is 17.7. The van der Waals surface area contributed by atoms with Crippen LogP contribution in [0.5, 0.6) is 5.75 Å². The van der Waals surface area contributed by atoms with Gasteiger partial charge in [0.1, 0.15) is 18.4 Å². The van der Waals surface area contributed by atoms with Crippen molar-refractivity contribution in [3.8, 4) is 5.75 Å². The molecular formula is C33H39BrClN3O5. The van der Waals surface area contributed by atoms with Crippen LogP contribution in [-0.4, -0.2) is 37.1 Å². The molecule has 0 radical (unpaired) electrons. The van der Waals surface area contributed by atoms with E-state index in [1.165, 1.54) is 0 Å². The van der Waals surface area contributed by atoms with E-state index in [1.807, 2.05) is 54.6 Å². The Morgan fingerprint density at radius 3 is 2.23 bits per heavy atom. The van der Waals surface area contributed by atoms with Crippen LogP contribution in [0.4, 0.5) is 4.79 Å². The van der Waals surface area contributed by atoms with Gasteiger partial charge in [0.15, 0.2) is 0 Å². The van der Waals surface area contributed by atoms with Crippen molar-refractivity contribution in [2.24, 2.45) is 11.8 Å².